The van der Waals surface area contributed by atoms with Crippen molar-refractivity contribution in [2.24, 2.45) is 0 Å². The predicted octanol–water partition coefficient (Wildman–Crippen LogP) is 3.42. The minimum absolute atomic E-state index is 0.783. The zero-order valence-electron chi connectivity index (χ0n) is 12.2. The van der Waals surface area contributed by atoms with Crippen molar-refractivity contribution in [3.05, 3.63) is 0 Å². The Hall–Kier alpha value is -0.0800. The molecule has 2 heteroatoms. The average molecular weight is 240 g/mol. The van der Waals surface area contributed by atoms with Gasteiger partial charge in [-0.15, -0.1) is 0 Å². The van der Waals surface area contributed by atoms with E-state index >= 15 is 0 Å². The summed E-state index contributed by atoms with van der Waals surface area (Å²) in [5, 5.41) is 3.42. The molecule has 0 amide bonds. The second-order valence-corrected chi connectivity index (χ2v) is 5.52. The molecule has 2 atom stereocenters. The lowest BCUT2D eigenvalue weighted by Crippen LogP contribution is -2.45. The monoisotopic (exact) mass is 240 g/mol. The van der Waals surface area contributed by atoms with Gasteiger partial charge in [0, 0.05) is 12.1 Å². The third kappa shape index (κ3) is 5.39. The van der Waals surface area contributed by atoms with Gasteiger partial charge >= 0.3 is 0 Å². The van der Waals surface area contributed by atoms with E-state index in [4.69, 9.17) is 0 Å². The number of hydrogen-bond donors (Lipinski definition) is 1. The molecule has 1 aliphatic heterocycles. The summed E-state index contributed by atoms with van der Waals surface area (Å²) in [7, 11) is 0. The molecule has 1 saturated heterocycles. The Morgan fingerprint density at radius 2 is 2.12 bits per heavy atom. The molecule has 2 nitrogen and oxygen atoms in total. The largest absolute Gasteiger partial charge is 0.317 e. The van der Waals surface area contributed by atoms with Crippen LogP contribution in [0.3, 0.4) is 0 Å². The highest BCUT2D eigenvalue weighted by Gasteiger charge is 2.25. The highest BCUT2D eigenvalue weighted by molar-refractivity contribution is 4.80. The van der Waals surface area contributed by atoms with Crippen molar-refractivity contribution in [3.63, 3.8) is 0 Å². The molecule has 0 spiro atoms. The molecule has 1 aliphatic rings. The summed E-state index contributed by atoms with van der Waals surface area (Å²) in [5.74, 6) is 0. The molecule has 0 aromatic carbocycles. The zero-order valence-corrected chi connectivity index (χ0v) is 12.2. The number of piperidine rings is 1. The fourth-order valence-electron chi connectivity index (χ4n) is 3.11. The van der Waals surface area contributed by atoms with Crippen molar-refractivity contribution >= 4 is 0 Å². The molecule has 0 radical (unpaired) electrons. The van der Waals surface area contributed by atoms with Crippen LogP contribution in [0.4, 0.5) is 0 Å². The van der Waals surface area contributed by atoms with Crippen LogP contribution >= 0.6 is 0 Å². The van der Waals surface area contributed by atoms with Crippen LogP contribution < -0.4 is 5.32 Å². The highest BCUT2D eigenvalue weighted by atomic mass is 15.2. The van der Waals surface area contributed by atoms with E-state index in [1.807, 2.05) is 0 Å². The molecule has 0 bridgehead atoms. The van der Waals surface area contributed by atoms with E-state index in [0.29, 0.717) is 0 Å². The molecule has 102 valence electrons. The first-order valence-electron chi connectivity index (χ1n) is 7.76. The standard InChI is InChI=1S/C15H32N2/c1-4-9-15-11-6-7-13-17(15)14(3)10-8-12-16-5-2/h14-16H,4-13H2,1-3H3. The van der Waals surface area contributed by atoms with Gasteiger partial charge < -0.3 is 5.32 Å². The summed E-state index contributed by atoms with van der Waals surface area (Å²) in [6, 6.07) is 1.66. The Kier molecular flexibility index (Phi) is 7.87. The lowest BCUT2D eigenvalue weighted by Gasteiger charge is -2.40. The first-order chi connectivity index (χ1) is 8.29. The molecule has 1 rings (SSSR count). The van der Waals surface area contributed by atoms with Gasteiger partial charge in [-0.25, -0.2) is 0 Å². The summed E-state index contributed by atoms with van der Waals surface area (Å²) in [6.45, 7) is 10.6. The van der Waals surface area contributed by atoms with Gasteiger partial charge in [-0.1, -0.05) is 26.7 Å². The maximum Gasteiger partial charge on any atom is 0.00979 e. The van der Waals surface area contributed by atoms with Gasteiger partial charge in [0.2, 0.25) is 0 Å². The lowest BCUT2D eigenvalue weighted by molar-refractivity contribution is 0.0908. The summed E-state index contributed by atoms with van der Waals surface area (Å²) in [6.07, 6.45) is 9.72. The Bertz CT molecular complexity index is 180. The topological polar surface area (TPSA) is 15.3 Å². The first kappa shape index (κ1) is 15.0. The molecular weight excluding hydrogens is 208 g/mol. The number of hydrogen-bond acceptors (Lipinski definition) is 2. The second kappa shape index (κ2) is 8.93. The van der Waals surface area contributed by atoms with Gasteiger partial charge in [0.1, 0.15) is 0 Å². The number of rotatable bonds is 8. The van der Waals surface area contributed by atoms with Crippen molar-refractivity contribution in [2.75, 3.05) is 19.6 Å². The van der Waals surface area contributed by atoms with E-state index in [1.165, 1.54) is 58.0 Å². The van der Waals surface area contributed by atoms with Crippen LogP contribution in [0.15, 0.2) is 0 Å². The third-order valence-electron chi connectivity index (χ3n) is 4.09. The first-order valence-corrected chi connectivity index (χ1v) is 7.76. The van der Waals surface area contributed by atoms with Crippen molar-refractivity contribution in [1.82, 2.24) is 10.2 Å². The summed E-state index contributed by atoms with van der Waals surface area (Å²) in [5.41, 5.74) is 0. The van der Waals surface area contributed by atoms with Gasteiger partial charge in [0.05, 0.1) is 0 Å². The molecule has 0 aromatic rings. The zero-order chi connectivity index (χ0) is 12.5. The van der Waals surface area contributed by atoms with Crippen LogP contribution in [0, 0.1) is 0 Å². The maximum absolute atomic E-state index is 3.42. The van der Waals surface area contributed by atoms with Gasteiger partial charge in [-0.05, 0) is 58.7 Å². The number of nitrogens with zero attached hydrogens (tertiary/aromatic N) is 1. The minimum Gasteiger partial charge on any atom is -0.317 e. The van der Waals surface area contributed by atoms with E-state index in [0.717, 1.165) is 18.6 Å². The van der Waals surface area contributed by atoms with Crippen LogP contribution in [0.1, 0.15) is 65.7 Å². The molecule has 0 aliphatic carbocycles. The average Bonchev–Trinajstić information content (AvgIpc) is 2.35. The van der Waals surface area contributed by atoms with Gasteiger partial charge in [0.25, 0.3) is 0 Å². The summed E-state index contributed by atoms with van der Waals surface area (Å²) >= 11 is 0. The Morgan fingerprint density at radius 1 is 1.29 bits per heavy atom. The summed E-state index contributed by atoms with van der Waals surface area (Å²) < 4.78 is 0. The molecule has 0 aromatic heterocycles. The van der Waals surface area contributed by atoms with E-state index < -0.39 is 0 Å². The molecule has 1 N–H and O–H groups in total. The fourth-order valence-corrected chi connectivity index (χ4v) is 3.11. The Balaban J connectivity index is 2.28. The van der Waals surface area contributed by atoms with Crippen LogP contribution in [0.2, 0.25) is 0 Å². The smallest absolute Gasteiger partial charge is 0.00979 e. The predicted molar refractivity (Wildman–Crippen MR) is 76.5 cm³/mol. The quantitative estimate of drug-likeness (QED) is 0.654. The van der Waals surface area contributed by atoms with E-state index in [1.54, 1.807) is 0 Å². The number of nitrogens with one attached hydrogen (secondary N) is 1. The molecule has 1 heterocycles. The van der Waals surface area contributed by atoms with E-state index in [-0.39, 0.29) is 0 Å². The molecule has 2 unspecified atom stereocenters. The normalized spacial score (nSPS) is 23.8. The fraction of sp³-hybridized carbons (Fsp3) is 1.00. The van der Waals surface area contributed by atoms with Crippen LogP contribution in [0.25, 0.3) is 0 Å². The van der Waals surface area contributed by atoms with Crippen LogP contribution in [-0.2, 0) is 0 Å². The Morgan fingerprint density at radius 3 is 2.82 bits per heavy atom. The summed E-state index contributed by atoms with van der Waals surface area (Å²) in [4.78, 5) is 2.79. The second-order valence-electron chi connectivity index (χ2n) is 5.52. The van der Waals surface area contributed by atoms with Crippen molar-refractivity contribution in [1.29, 1.82) is 0 Å². The van der Waals surface area contributed by atoms with E-state index in [9.17, 15) is 0 Å². The molecule has 17 heavy (non-hydrogen) atoms. The van der Waals surface area contributed by atoms with E-state index in [2.05, 4.69) is 31.0 Å². The van der Waals surface area contributed by atoms with Crippen molar-refractivity contribution < 1.29 is 0 Å². The van der Waals surface area contributed by atoms with Gasteiger partial charge in [0.15, 0.2) is 0 Å². The maximum atomic E-state index is 3.42. The number of likely N-dealkylation sites (tertiary alicyclic amines) is 1. The van der Waals surface area contributed by atoms with Gasteiger partial charge in [-0.3, -0.25) is 4.90 Å². The minimum atomic E-state index is 0.783. The van der Waals surface area contributed by atoms with Crippen molar-refractivity contribution in [3.8, 4) is 0 Å². The molecule has 1 fully saturated rings. The molecule has 0 saturated carbocycles. The highest BCUT2D eigenvalue weighted by Crippen LogP contribution is 2.24. The lowest BCUT2D eigenvalue weighted by atomic mass is 9.95. The Labute approximate surface area is 108 Å². The van der Waals surface area contributed by atoms with Gasteiger partial charge in [-0.2, -0.15) is 0 Å². The third-order valence-corrected chi connectivity index (χ3v) is 4.09. The molecular formula is C15H32N2. The van der Waals surface area contributed by atoms with Crippen LogP contribution in [-0.4, -0.2) is 36.6 Å². The van der Waals surface area contributed by atoms with Crippen LogP contribution in [0.5, 0.6) is 0 Å². The SMILES string of the molecule is CCCC1CCCCN1C(C)CCCNCC. The van der Waals surface area contributed by atoms with Crippen molar-refractivity contribution in [2.45, 2.75) is 77.8 Å².